The molecule has 0 aliphatic carbocycles. The van der Waals surface area contributed by atoms with Crippen LogP contribution in [0.4, 0.5) is 0 Å². The van der Waals surface area contributed by atoms with Gasteiger partial charge >= 0.3 is 0 Å². The minimum Gasteiger partial charge on any atom is -0.375 e. The van der Waals surface area contributed by atoms with Crippen LogP contribution in [0.2, 0.25) is 0 Å². The fourth-order valence-corrected chi connectivity index (χ4v) is 4.39. The Bertz CT molecular complexity index is 521. The van der Waals surface area contributed by atoms with Crippen LogP contribution in [-0.2, 0) is 21.3 Å². The highest BCUT2D eigenvalue weighted by atomic mass is 32.2. The van der Waals surface area contributed by atoms with Gasteiger partial charge in [-0.2, -0.15) is 0 Å². The lowest BCUT2D eigenvalue weighted by atomic mass is 10.1. The summed E-state index contributed by atoms with van der Waals surface area (Å²) in [6.45, 7) is 8.50. The average Bonchev–Trinajstić information content (AvgIpc) is 2.69. The number of hydrogen-bond acceptors (Lipinski definition) is 5. The highest BCUT2D eigenvalue weighted by Gasteiger charge is 2.24. The molecule has 0 unspecified atom stereocenters. The summed E-state index contributed by atoms with van der Waals surface area (Å²) >= 11 is 1.41. The normalized spacial score (nSPS) is 12.9. The van der Waals surface area contributed by atoms with Crippen molar-refractivity contribution in [1.29, 1.82) is 0 Å². The highest BCUT2D eigenvalue weighted by Crippen LogP contribution is 2.25. The molecular weight excluding hydrogens is 284 g/mol. The lowest BCUT2D eigenvalue weighted by Crippen LogP contribution is -2.40. The maximum atomic E-state index is 12.2. The molecule has 0 spiro atoms. The molecule has 1 rings (SSSR count). The van der Waals surface area contributed by atoms with Gasteiger partial charge in [0.2, 0.25) is 10.0 Å². The standard InChI is InChI=1S/C12H22N2O3S2/c1-5-17-12(3,4)8-14-19(15,16)11-6-10(7-13)18-9(11)2/h6,14H,5,7-8,13H2,1-4H3. The molecule has 0 radical (unpaired) electrons. The Hall–Kier alpha value is -0.470. The molecule has 1 heterocycles. The van der Waals surface area contributed by atoms with Gasteiger partial charge in [0.05, 0.1) is 10.5 Å². The molecule has 0 amide bonds. The smallest absolute Gasteiger partial charge is 0.241 e. The van der Waals surface area contributed by atoms with E-state index in [-0.39, 0.29) is 6.54 Å². The van der Waals surface area contributed by atoms with Gasteiger partial charge in [-0.1, -0.05) is 0 Å². The van der Waals surface area contributed by atoms with E-state index in [0.29, 0.717) is 18.0 Å². The first-order chi connectivity index (χ1) is 8.72. The van der Waals surface area contributed by atoms with Crippen LogP contribution >= 0.6 is 11.3 Å². The van der Waals surface area contributed by atoms with E-state index in [1.165, 1.54) is 11.3 Å². The summed E-state index contributed by atoms with van der Waals surface area (Å²) in [5.41, 5.74) is 5.01. The number of nitrogens with two attached hydrogens (primary N) is 1. The SMILES string of the molecule is CCOC(C)(C)CNS(=O)(=O)c1cc(CN)sc1C. The number of ether oxygens (including phenoxy) is 1. The van der Waals surface area contributed by atoms with Crippen molar-refractivity contribution in [3.63, 3.8) is 0 Å². The minimum atomic E-state index is -3.51. The largest absolute Gasteiger partial charge is 0.375 e. The Morgan fingerprint density at radius 3 is 2.58 bits per heavy atom. The third-order valence-electron chi connectivity index (χ3n) is 2.64. The van der Waals surface area contributed by atoms with E-state index < -0.39 is 15.6 Å². The molecule has 0 atom stereocenters. The first-order valence-corrected chi connectivity index (χ1v) is 8.45. The molecule has 7 heteroatoms. The molecule has 110 valence electrons. The monoisotopic (exact) mass is 306 g/mol. The van der Waals surface area contributed by atoms with Gasteiger partial charge in [0.25, 0.3) is 0 Å². The van der Waals surface area contributed by atoms with Crippen molar-refractivity contribution in [2.75, 3.05) is 13.2 Å². The zero-order chi connectivity index (χ0) is 14.7. The van der Waals surface area contributed by atoms with Gasteiger partial charge in [-0.15, -0.1) is 11.3 Å². The van der Waals surface area contributed by atoms with Crippen molar-refractivity contribution in [3.8, 4) is 0 Å². The van der Waals surface area contributed by atoms with Gasteiger partial charge < -0.3 is 10.5 Å². The quantitative estimate of drug-likeness (QED) is 0.802. The van der Waals surface area contributed by atoms with Crippen LogP contribution in [0, 0.1) is 6.92 Å². The second-order valence-corrected chi connectivity index (χ2v) is 7.93. The van der Waals surface area contributed by atoms with Crippen LogP contribution in [0.25, 0.3) is 0 Å². The lowest BCUT2D eigenvalue weighted by molar-refractivity contribution is -0.00515. The van der Waals surface area contributed by atoms with Crippen molar-refractivity contribution in [1.82, 2.24) is 4.72 Å². The van der Waals surface area contributed by atoms with E-state index in [1.54, 1.807) is 13.0 Å². The topological polar surface area (TPSA) is 81.4 Å². The van der Waals surface area contributed by atoms with E-state index >= 15 is 0 Å². The summed E-state index contributed by atoms with van der Waals surface area (Å²) in [7, 11) is -3.51. The number of nitrogens with one attached hydrogen (secondary N) is 1. The Labute approximate surface area is 119 Å². The number of sulfonamides is 1. The van der Waals surface area contributed by atoms with Crippen molar-refractivity contribution >= 4 is 21.4 Å². The van der Waals surface area contributed by atoms with E-state index in [2.05, 4.69) is 4.72 Å². The summed E-state index contributed by atoms with van der Waals surface area (Å²) in [5, 5.41) is 0. The Kier molecular flexibility index (Phi) is 5.52. The third kappa shape index (κ3) is 4.54. The summed E-state index contributed by atoms with van der Waals surface area (Å²) in [6, 6.07) is 1.63. The first kappa shape index (κ1) is 16.6. The average molecular weight is 306 g/mol. The molecule has 0 aliphatic rings. The summed E-state index contributed by atoms with van der Waals surface area (Å²) < 4.78 is 32.5. The molecule has 5 nitrogen and oxygen atoms in total. The molecule has 0 bridgehead atoms. The van der Waals surface area contributed by atoms with Gasteiger partial charge in [-0.3, -0.25) is 0 Å². The zero-order valence-electron chi connectivity index (χ0n) is 11.8. The molecule has 0 saturated heterocycles. The highest BCUT2D eigenvalue weighted by molar-refractivity contribution is 7.89. The molecule has 0 aliphatic heterocycles. The second-order valence-electron chi connectivity index (χ2n) is 4.85. The van der Waals surface area contributed by atoms with E-state index in [9.17, 15) is 8.42 Å². The maximum absolute atomic E-state index is 12.2. The maximum Gasteiger partial charge on any atom is 0.241 e. The van der Waals surface area contributed by atoms with Gasteiger partial charge in [-0.05, 0) is 33.8 Å². The molecule has 0 aromatic carbocycles. The van der Waals surface area contributed by atoms with Crippen LogP contribution in [0.5, 0.6) is 0 Å². The van der Waals surface area contributed by atoms with Crippen molar-refractivity contribution in [3.05, 3.63) is 15.8 Å². The van der Waals surface area contributed by atoms with Crippen molar-refractivity contribution in [2.24, 2.45) is 5.73 Å². The molecule has 1 aromatic heterocycles. The Balaban J connectivity index is 2.84. The van der Waals surface area contributed by atoms with Crippen LogP contribution in [0.3, 0.4) is 0 Å². The molecule has 3 N–H and O–H groups in total. The van der Waals surface area contributed by atoms with E-state index in [4.69, 9.17) is 10.5 Å². The Morgan fingerprint density at radius 1 is 1.47 bits per heavy atom. The summed E-state index contributed by atoms with van der Waals surface area (Å²) in [4.78, 5) is 1.93. The lowest BCUT2D eigenvalue weighted by Gasteiger charge is -2.24. The predicted molar refractivity (Wildman–Crippen MR) is 77.8 cm³/mol. The van der Waals surface area contributed by atoms with E-state index in [0.717, 1.165) is 9.75 Å². The second kappa shape index (κ2) is 6.32. The molecular formula is C12H22N2O3S2. The van der Waals surface area contributed by atoms with Crippen LogP contribution in [0.1, 0.15) is 30.5 Å². The number of thiophene rings is 1. The van der Waals surface area contributed by atoms with Crippen LogP contribution in [0.15, 0.2) is 11.0 Å². The number of rotatable bonds is 7. The van der Waals surface area contributed by atoms with E-state index in [1.807, 2.05) is 20.8 Å². The zero-order valence-corrected chi connectivity index (χ0v) is 13.5. The first-order valence-electron chi connectivity index (χ1n) is 6.15. The Morgan fingerprint density at radius 2 is 2.11 bits per heavy atom. The van der Waals surface area contributed by atoms with Gasteiger partial charge in [0.1, 0.15) is 0 Å². The van der Waals surface area contributed by atoms with Gasteiger partial charge in [-0.25, -0.2) is 13.1 Å². The fraction of sp³-hybridized carbons (Fsp3) is 0.667. The van der Waals surface area contributed by atoms with Crippen molar-refractivity contribution < 1.29 is 13.2 Å². The molecule has 0 fully saturated rings. The fourth-order valence-electron chi connectivity index (χ4n) is 1.68. The van der Waals surface area contributed by atoms with Crippen LogP contribution < -0.4 is 10.5 Å². The molecule has 1 aromatic rings. The van der Waals surface area contributed by atoms with Gasteiger partial charge in [0.15, 0.2) is 0 Å². The van der Waals surface area contributed by atoms with Gasteiger partial charge in [0, 0.05) is 29.5 Å². The number of aryl methyl sites for hydroxylation is 1. The summed E-state index contributed by atoms with van der Waals surface area (Å²) in [6.07, 6.45) is 0. The molecule has 0 saturated carbocycles. The third-order valence-corrected chi connectivity index (χ3v) is 5.37. The molecule has 19 heavy (non-hydrogen) atoms. The summed E-state index contributed by atoms with van der Waals surface area (Å²) in [5.74, 6) is 0. The van der Waals surface area contributed by atoms with Crippen molar-refractivity contribution in [2.45, 2.75) is 44.7 Å². The number of hydrogen-bond donors (Lipinski definition) is 2. The van der Waals surface area contributed by atoms with Crippen LogP contribution in [-0.4, -0.2) is 27.2 Å². The minimum absolute atomic E-state index is 0.233. The predicted octanol–water partition coefficient (Wildman–Crippen LogP) is 1.61.